The average molecular weight is 376 g/mol. The molecule has 4 aromatic heterocycles. The molecular weight excluding hydrogens is 359 g/mol. The summed E-state index contributed by atoms with van der Waals surface area (Å²) < 4.78 is 16.3. The number of aromatic amines is 1. The molecule has 8 heteroatoms. The molecule has 0 bridgehead atoms. The van der Waals surface area contributed by atoms with Crippen LogP contribution in [0.3, 0.4) is 0 Å². The molecule has 4 aromatic rings. The molecule has 1 aliphatic rings. The van der Waals surface area contributed by atoms with Crippen LogP contribution in [0.15, 0.2) is 49.2 Å². The number of hydrogen-bond acceptors (Lipinski definition) is 4. The van der Waals surface area contributed by atoms with E-state index in [9.17, 15) is 9.18 Å². The molecule has 1 aliphatic heterocycles. The SMILES string of the molecule is Cc1ccn2c(F)c(C(=O)N3CCc4[nH]cnc4[C@H]3c3ccncc3)nc2c1. The Balaban J connectivity index is 1.61. The van der Waals surface area contributed by atoms with Crippen molar-refractivity contribution in [1.82, 2.24) is 29.2 Å². The van der Waals surface area contributed by atoms with Gasteiger partial charge in [0.1, 0.15) is 11.7 Å². The molecule has 0 aliphatic carbocycles. The van der Waals surface area contributed by atoms with Gasteiger partial charge in [0.25, 0.3) is 5.91 Å². The number of aryl methyl sites for hydroxylation is 1. The monoisotopic (exact) mass is 376 g/mol. The van der Waals surface area contributed by atoms with Crippen molar-refractivity contribution in [2.24, 2.45) is 0 Å². The fourth-order valence-electron chi connectivity index (χ4n) is 3.77. The number of nitrogens with one attached hydrogen (secondary N) is 1. The fraction of sp³-hybridized carbons (Fsp3) is 0.200. The highest BCUT2D eigenvalue weighted by Crippen LogP contribution is 2.34. The Morgan fingerprint density at radius 2 is 2.11 bits per heavy atom. The van der Waals surface area contributed by atoms with E-state index in [1.165, 1.54) is 4.40 Å². The fourth-order valence-corrected chi connectivity index (χ4v) is 3.77. The van der Waals surface area contributed by atoms with Crippen LogP contribution in [0.5, 0.6) is 0 Å². The summed E-state index contributed by atoms with van der Waals surface area (Å²) in [5.74, 6) is -1.10. The van der Waals surface area contributed by atoms with Crippen molar-refractivity contribution in [3.05, 3.63) is 83.3 Å². The van der Waals surface area contributed by atoms with Crippen LogP contribution in [0.2, 0.25) is 0 Å². The van der Waals surface area contributed by atoms with Crippen LogP contribution in [0.25, 0.3) is 5.65 Å². The average Bonchev–Trinajstić information content (AvgIpc) is 3.31. The molecule has 7 nitrogen and oxygen atoms in total. The Bertz CT molecular complexity index is 1180. The zero-order valence-electron chi connectivity index (χ0n) is 15.1. The van der Waals surface area contributed by atoms with Gasteiger partial charge in [-0.3, -0.25) is 14.2 Å². The third kappa shape index (κ3) is 2.49. The second-order valence-electron chi connectivity index (χ2n) is 6.88. The molecule has 1 amide bonds. The Morgan fingerprint density at radius 1 is 1.29 bits per heavy atom. The number of fused-ring (bicyclic) bond motifs is 2. The molecule has 0 saturated heterocycles. The lowest BCUT2D eigenvalue weighted by Crippen LogP contribution is -2.41. The van der Waals surface area contributed by atoms with Crippen LogP contribution in [-0.2, 0) is 6.42 Å². The third-order valence-corrected chi connectivity index (χ3v) is 5.13. The van der Waals surface area contributed by atoms with Crippen LogP contribution in [0.4, 0.5) is 4.39 Å². The summed E-state index contributed by atoms with van der Waals surface area (Å²) in [6.07, 6.45) is 7.18. The van der Waals surface area contributed by atoms with Crippen molar-refractivity contribution in [3.63, 3.8) is 0 Å². The molecule has 5 heterocycles. The largest absolute Gasteiger partial charge is 0.348 e. The molecular formula is C20H17FN6O. The number of carbonyl (C=O) groups is 1. The number of H-pyrrole nitrogens is 1. The predicted molar refractivity (Wildman–Crippen MR) is 99.3 cm³/mol. The summed E-state index contributed by atoms with van der Waals surface area (Å²) in [5.41, 5.74) is 3.81. The van der Waals surface area contributed by atoms with E-state index in [0.29, 0.717) is 18.6 Å². The molecule has 0 unspecified atom stereocenters. The van der Waals surface area contributed by atoms with Crippen LogP contribution < -0.4 is 0 Å². The maximum Gasteiger partial charge on any atom is 0.278 e. The number of rotatable bonds is 2. The molecule has 0 radical (unpaired) electrons. The first-order valence-electron chi connectivity index (χ1n) is 9.00. The number of hydrogen-bond donors (Lipinski definition) is 1. The summed E-state index contributed by atoms with van der Waals surface area (Å²) in [6, 6.07) is 6.80. The highest BCUT2D eigenvalue weighted by atomic mass is 19.1. The van der Waals surface area contributed by atoms with E-state index >= 15 is 0 Å². The van der Waals surface area contributed by atoms with Gasteiger partial charge in [-0.1, -0.05) is 0 Å². The number of pyridine rings is 2. The number of nitrogens with zero attached hydrogens (tertiary/aromatic N) is 5. The third-order valence-electron chi connectivity index (χ3n) is 5.13. The number of imidazole rings is 2. The van der Waals surface area contributed by atoms with Gasteiger partial charge in [-0.15, -0.1) is 0 Å². The topological polar surface area (TPSA) is 79.2 Å². The van der Waals surface area contributed by atoms with E-state index in [2.05, 4.69) is 19.9 Å². The number of halogens is 1. The lowest BCUT2D eigenvalue weighted by atomic mass is 9.96. The molecule has 5 rings (SSSR count). The second-order valence-corrected chi connectivity index (χ2v) is 6.88. The first-order chi connectivity index (χ1) is 13.6. The van der Waals surface area contributed by atoms with Gasteiger partial charge in [0, 0.05) is 37.3 Å². The summed E-state index contributed by atoms with van der Waals surface area (Å²) in [6.45, 7) is 2.34. The summed E-state index contributed by atoms with van der Waals surface area (Å²) in [7, 11) is 0. The molecule has 1 atom stereocenters. The van der Waals surface area contributed by atoms with Gasteiger partial charge in [-0.05, 0) is 42.3 Å². The van der Waals surface area contributed by atoms with Gasteiger partial charge in [-0.2, -0.15) is 4.39 Å². The minimum absolute atomic E-state index is 0.177. The number of amides is 1. The molecule has 1 N–H and O–H groups in total. The van der Waals surface area contributed by atoms with E-state index in [1.807, 2.05) is 19.1 Å². The van der Waals surface area contributed by atoms with Gasteiger partial charge in [0.05, 0.1) is 12.0 Å². The summed E-state index contributed by atoms with van der Waals surface area (Å²) in [4.78, 5) is 30.9. The van der Waals surface area contributed by atoms with Gasteiger partial charge in [0.2, 0.25) is 5.95 Å². The Labute approximate surface area is 159 Å². The molecule has 140 valence electrons. The van der Waals surface area contributed by atoms with Crippen molar-refractivity contribution < 1.29 is 9.18 Å². The molecule has 0 fully saturated rings. The van der Waals surface area contributed by atoms with Crippen molar-refractivity contribution in [1.29, 1.82) is 0 Å². The molecule has 0 aromatic carbocycles. The smallest absolute Gasteiger partial charge is 0.278 e. The van der Waals surface area contributed by atoms with Crippen molar-refractivity contribution >= 4 is 11.6 Å². The van der Waals surface area contributed by atoms with E-state index < -0.39 is 17.9 Å². The Morgan fingerprint density at radius 3 is 2.93 bits per heavy atom. The van der Waals surface area contributed by atoms with E-state index in [4.69, 9.17) is 0 Å². The first kappa shape index (κ1) is 16.6. The first-order valence-corrected chi connectivity index (χ1v) is 9.00. The number of aromatic nitrogens is 5. The van der Waals surface area contributed by atoms with Crippen molar-refractivity contribution in [2.45, 2.75) is 19.4 Å². The Hall–Kier alpha value is -3.55. The van der Waals surface area contributed by atoms with Crippen molar-refractivity contribution in [3.8, 4) is 0 Å². The summed E-state index contributed by atoms with van der Waals surface area (Å²) in [5, 5.41) is 0. The van der Waals surface area contributed by atoms with E-state index in [-0.39, 0.29) is 5.69 Å². The maximum absolute atomic E-state index is 15.0. The van der Waals surface area contributed by atoms with Crippen LogP contribution in [-0.4, -0.2) is 41.7 Å². The normalized spacial score (nSPS) is 16.4. The minimum Gasteiger partial charge on any atom is -0.348 e. The van der Waals surface area contributed by atoms with Gasteiger partial charge in [-0.25, -0.2) is 9.97 Å². The van der Waals surface area contributed by atoms with Crippen LogP contribution in [0, 0.1) is 12.9 Å². The van der Waals surface area contributed by atoms with Crippen molar-refractivity contribution in [2.75, 3.05) is 6.54 Å². The summed E-state index contributed by atoms with van der Waals surface area (Å²) >= 11 is 0. The quantitative estimate of drug-likeness (QED) is 0.583. The Kier molecular flexibility index (Phi) is 3.71. The maximum atomic E-state index is 15.0. The van der Waals surface area contributed by atoms with Gasteiger partial charge in [0.15, 0.2) is 5.69 Å². The zero-order chi connectivity index (χ0) is 19.3. The molecule has 0 saturated carbocycles. The lowest BCUT2D eigenvalue weighted by molar-refractivity contribution is 0.0679. The zero-order valence-corrected chi connectivity index (χ0v) is 15.1. The second kappa shape index (κ2) is 6.26. The van der Waals surface area contributed by atoms with Gasteiger partial charge < -0.3 is 9.88 Å². The minimum atomic E-state index is -0.652. The van der Waals surface area contributed by atoms with Gasteiger partial charge >= 0.3 is 0 Å². The van der Waals surface area contributed by atoms with E-state index in [1.54, 1.807) is 42.0 Å². The molecule has 28 heavy (non-hydrogen) atoms. The highest BCUT2D eigenvalue weighted by Gasteiger charge is 2.36. The van der Waals surface area contributed by atoms with Crippen LogP contribution >= 0.6 is 0 Å². The highest BCUT2D eigenvalue weighted by molar-refractivity contribution is 5.94. The predicted octanol–water partition coefficient (Wildman–Crippen LogP) is 2.69. The van der Waals surface area contributed by atoms with Crippen LogP contribution in [0.1, 0.15) is 39.0 Å². The number of carbonyl (C=O) groups excluding carboxylic acids is 1. The lowest BCUT2D eigenvalue weighted by Gasteiger charge is -2.34. The van der Waals surface area contributed by atoms with E-state index in [0.717, 1.165) is 22.5 Å². The standard InChI is InChI=1S/C20H17FN6O/c1-12-4-8-26-15(10-12)25-17(19(26)21)20(28)27-9-5-14-16(24-11-23-14)18(27)13-2-6-22-7-3-13/h2-4,6-8,10-11,18H,5,9H2,1H3,(H,23,24)/t18-/m1/s1. The molecule has 0 spiro atoms.